The summed E-state index contributed by atoms with van der Waals surface area (Å²) in [7, 11) is 0. The highest BCUT2D eigenvalue weighted by molar-refractivity contribution is 5.87. The fraction of sp³-hybridized carbons (Fsp3) is 0.250. The SMILES string of the molecule is O=C(O)c1ccn(CCO)c(=O)c1. The van der Waals surface area contributed by atoms with Gasteiger partial charge in [-0.1, -0.05) is 0 Å². The first-order chi connectivity index (χ1) is 6.15. The summed E-state index contributed by atoms with van der Waals surface area (Å²) in [4.78, 5) is 21.5. The number of aromatic nitrogens is 1. The van der Waals surface area contributed by atoms with Gasteiger partial charge in [0, 0.05) is 18.8 Å². The zero-order valence-corrected chi connectivity index (χ0v) is 6.80. The standard InChI is InChI=1S/C8H9NO4/c10-4-3-9-2-1-6(8(12)13)5-7(9)11/h1-2,5,10H,3-4H2,(H,12,13). The summed E-state index contributed by atoms with van der Waals surface area (Å²) in [5.41, 5.74) is -0.465. The Morgan fingerprint density at radius 1 is 1.54 bits per heavy atom. The van der Waals surface area contributed by atoms with Gasteiger partial charge in [-0.15, -0.1) is 0 Å². The second kappa shape index (κ2) is 3.86. The van der Waals surface area contributed by atoms with Gasteiger partial charge in [-0.3, -0.25) is 4.79 Å². The van der Waals surface area contributed by atoms with E-state index in [1.807, 2.05) is 0 Å². The molecule has 0 aliphatic carbocycles. The third kappa shape index (κ3) is 2.16. The number of carbonyl (C=O) groups is 1. The van der Waals surface area contributed by atoms with Gasteiger partial charge in [-0.2, -0.15) is 0 Å². The maximum absolute atomic E-state index is 11.1. The van der Waals surface area contributed by atoms with Gasteiger partial charge in [0.2, 0.25) is 0 Å². The van der Waals surface area contributed by atoms with Gasteiger partial charge in [0.15, 0.2) is 0 Å². The van der Waals surface area contributed by atoms with Gasteiger partial charge in [-0.05, 0) is 6.07 Å². The fourth-order valence-corrected chi connectivity index (χ4v) is 0.933. The Bertz CT molecular complexity index is 369. The number of hydrogen-bond donors (Lipinski definition) is 2. The van der Waals surface area contributed by atoms with Gasteiger partial charge in [0.25, 0.3) is 5.56 Å². The van der Waals surface area contributed by atoms with Crippen LogP contribution in [-0.2, 0) is 6.54 Å². The van der Waals surface area contributed by atoms with E-state index in [9.17, 15) is 9.59 Å². The van der Waals surface area contributed by atoms with Crippen LogP contribution in [0.25, 0.3) is 0 Å². The molecule has 0 atom stereocenters. The van der Waals surface area contributed by atoms with Crippen LogP contribution >= 0.6 is 0 Å². The summed E-state index contributed by atoms with van der Waals surface area (Å²) in [5.74, 6) is -1.13. The summed E-state index contributed by atoms with van der Waals surface area (Å²) in [6.45, 7) is 0.0328. The minimum absolute atomic E-state index is 0.0424. The number of hydrogen-bond acceptors (Lipinski definition) is 3. The van der Waals surface area contributed by atoms with Crippen LogP contribution in [0.3, 0.4) is 0 Å². The van der Waals surface area contributed by atoms with E-state index in [0.717, 1.165) is 6.07 Å². The summed E-state index contributed by atoms with van der Waals surface area (Å²) in [6, 6.07) is 2.34. The van der Waals surface area contributed by atoms with Crippen molar-refractivity contribution in [2.45, 2.75) is 6.54 Å². The summed E-state index contributed by atoms with van der Waals surface area (Å²) in [5, 5.41) is 17.1. The molecule has 0 radical (unpaired) electrons. The lowest BCUT2D eigenvalue weighted by atomic mass is 10.3. The van der Waals surface area contributed by atoms with E-state index in [4.69, 9.17) is 10.2 Å². The average molecular weight is 183 g/mol. The molecule has 13 heavy (non-hydrogen) atoms. The molecular weight excluding hydrogens is 174 g/mol. The molecule has 0 aliphatic rings. The van der Waals surface area contributed by atoms with Crippen molar-refractivity contribution in [3.05, 3.63) is 34.2 Å². The van der Waals surface area contributed by atoms with E-state index in [-0.39, 0.29) is 18.7 Å². The third-order valence-electron chi connectivity index (χ3n) is 1.58. The molecule has 0 amide bonds. The predicted molar refractivity (Wildman–Crippen MR) is 44.7 cm³/mol. The fourth-order valence-electron chi connectivity index (χ4n) is 0.933. The smallest absolute Gasteiger partial charge is 0.335 e. The molecule has 70 valence electrons. The van der Waals surface area contributed by atoms with Crippen molar-refractivity contribution in [3.63, 3.8) is 0 Å². The molecule has 1 heterocycles. The number of carboxylic acids is 1. The molecule has 0 spiro atoms. The van der Waals surface area contributed by atoms with Crippen LogP contribution < -0.4 is 5.56 Å². The maximum atomic E-state index is 11.1. The first kappa shape index (κ1) is 9.47. The maximum Gasteiger partial charge on any atom is 0.335 e. The molecule has 0 saturated carbocycles. The Balaban J connectivity index is 3.06. The number of aliphatic hydroxyl groups excluding tert-OH is 1. The number of aliphatic hydroxyl groups is 1. The zero-order chi connectivity index (χ0) is 9.84. The number of pyridine rings is 1. The number of nitrogens with zero attached hydrogens (tertiary/aromatic N) is 1. The van der Waals surface area contributed by atoms with Crippen LogP contribution in [0.5, 0.6) is 0 Å². The van der Waals surface area contributed by atoms with Crippen molar-refractivity contribution in [1.82, 2.24) is 4.57 Å². The molecular formula is C8H9NO4. The van der Waals surface area contributed by atoms with E-state index in [2.05, 4.69) is 0 Å². The molecule has 5 heteroatoms. The van der Waals surface area contributed by atoms with Crippen molar-refractivity contribution in [2.75, 3.05) is 6.61 Å². The summed E-state index contributed by atoms with van der Waals surface area (Å²) in [6.07, 6.45) is 1.35. The third-order valence-corrected chi connectivity index (χ3v) is 1.58. The summed E-state index contributed by atoms with van der Waals surface area (Å²) < 4.78 is 1.24. The van der Waals surface area contributed by atoms with Crippen LogP contribution in [0.1, 0.15) is 10.4 Å². The molecule has 0 bridgehead atoms. The van der Waals surface area contributed by atoms with Crippen LogP contribution in [0.2, 0.25) is 0 Å². The topological polar surface area (TPSA) is 79.5 Å². The summed E-state index contributed by atoms with van der Waals surface area (Å²) >= 11 is 0. The molecule has 1 aromatic heterocycles. The predicted octanol–water partition coefficient (Wildman–Crippen LogP) is -0.461. The van der Waals surface area contributed by atoms with Crippen molar-refractivity contribution in [3.8, 4) is 0 Å². The first-order valence-corrected chi connectivity index (χ1v) is 3.70. The first-order valence-electron chi connectivity index (χ1n) is 3.70. The van der Waals surface area contributed by atoms with Crippen molar-refractivity contribution >= 4 is 5.97 Å². The van der Waals surface area contributed by atoms with Crippen molar-refractivity contribution in [2.24, 2.45) is 0 Å². The zero-order valence-electron chi connectivity index (χ0n) is 6.80. The van der Waals surface area contributed by atoms with E-state index >= 15 is 0 Å². The molecule has 5 nitrogen and oxygen atoms in total. The lowest BCUT2D eigenvalue weighted by molar-refractivity contribution is 0.0696. The van der Waals surface area contributed by atoms with E-state index in [0.29, 0.717) is 0 Å². The van der Waals surface area contributed by atoms with Crippen molar-refractivity contribution in [1.29, 1.82) is 0 Å². The minimum Gasteiger partial charge on any atom is -0.478 e. The largest absolute Gasteiger partial charge is 0.478 e. The van der Waals surface area contributed by atoms with Crippen LogP contribution in [0.15, 0.2) is 23.1 Å². The Hall–Kier alpha value is -1.62. The van der Waals surface area contributed by atoms with Gasteiger partial charge < -0.3 is 14.8 Å². The molecule has 2 N–H and O–H groups in total. The second-order valence-electron chi connectivity index (χ2n) is 2.48. The van der Waals surface area contributed by atoms with Crippen molar-refractivity contribution < 1.29 is 15.0 Å². The molecule has 0 saturated heterocycles. The van der Waals surface area contributed by atoms with E-state index < -0.39 is 11.5 Å². The van der Waals surface area contributed by atoms with E-state index in [1.54, 1.807) is 0 Å². The van der Waals surface area contributed by atoms with E-state index in [1.165, 1.54) is 16.8 Å². The molecule has 0 aliphatic heterocycles. The lowest BCUT2D eigenvalue weighted by Gasteiger charge is -2.01. The van der Waals surface area contributed by atoms with Gasteiger partial charge >= 0.3 is 5.97 Å². The van der Waals surface area contributed by atoms with Crippen LogP contribution in [0, 0.1) is 0 Å². The Morgan fingerprint density at radius 3 is 2.69 bits per heavy atom. The quantitative estimate of drug-likeness (QED) is 0.664. The molecule has 0 fully saturated rings. The molecule has 0 unspecified atom stereocenters. The molecule has 1 rings (SSSR count). The molecule has 1 aromatic rings. The number of rotatable bonds is 3. The normalized spacial score (nSPS) is 9.92. The number of carboxylic acid groups (broad SMARTS) is 1. The lowest BCUT2D eigenvalue weighted by Crippen LogP contribution is -2.21. The van der Waals surface area contributed by atoms with Crippen LogP contribution in [0.4, 0.5) is 0 Å². The monoisotopic (exact) mass is 183 g/mol. The highest BCUT2D eigenvalue weighted by atomic mass is 16.4. The Labute approximate surface area is 73.9 Å². The number of aromatic carboxylic acids is 1. The second-order valence-corrected chi connectivity index (χ2v) is 2.48. The minimum atomic E-state index is -1.13. The van der Waals surface area contributed by atoms with Gasteiger partial charge in [0.05, 0.1) is 12.2 Å². The van der Waals surface area contributed by atoms with Gasteiger partial charge in [-0.25, -0.2) is 4.79 Å². The Morgan fingerprint density at radius 2 is 2.23 bits per heavy atom. The highest BCUT2D eigenvalue weighted by Gasteiger charge is 2.03. The average Bonchev–Trinajstić information content (AvgIpc) is 2.08. The Kier molecular flexibility index (Phi) is 2.81. The highest BCUT2D eigenvalue weighted by Crippen LogP contribution is 1.93. The molecule has 0 aromatic carbocycles. The van der Waals surface area contributed by atoms with Gasteiger partial charge in [0.1, 0.15) is 0 Å². The van der Waals surface area contributed by atoms with Crippen LogP contribution in [-0.4, -0.2) is 27.4 Å².